The van der Waals surface area contributed by atoms with Gasteiger partial charge >= 0.3 is 0 Å². The van der Waals surface area contributed by atoms with E-state index in [0.29, 0.717) is 10.1 Å². The summed E-state index contributed by atoms with van der Waals surface area (Å²) in [5.41, 5.74) is 0.189. The average Bonchev–Trinajstić information content (AvgIpc) is 2.35. The lowest BCUT2D eigenvalue weighted by molar-refractivity contribution is 0.416. The molecule has 0 aliphatic rings. The molecular formula is C15H23ClN4S. The van der Waals surface area contributed by atoms with E-state index in [2.05, 4.69) is 15.5 Å². The van der Waals surface area contributed by atoms with Crippen molar-refractivity contribution in [2.75, 3.05) is 11.9 Å². The lowest BCUT2D eigenvalue weighted by Crippen LogP contribution is -2.47. The van der Waals surface area contributed by atoms with Crippen molar-refractivity contribution in [2.45, 2.75) is 45.8 Å². The van der Waals surface area contributed by atoms with Crippen molar-refractivity contribution in [3.63, 3.8) is 0 Å². The summed E-state index contributed by atoms with van der Waals surface area (Å²) in [7, 11) is 1.90. The van der Waals surface area contributed by atoms with E-state index in [0.717, 1.165) is 5.69 Å². The molecule has 1 aromatic carbocycles. The summed E-state index contributed by atoms with van der Waals surface area (Å²) in [6.45, 7) is 9.88. The molecule has 0 saturated carbocycles. The minimum Gasteiger partial charge on any atom is -0.337 e. The molecule has 1 aromatic rings. The summed E-state index contributed by atoms with van der Waals surface area (Å²) < 4.78 is 0. The molecule has 0 aliphatic heterocycles. The number of benzene rings is 1. The average molecular weight is 327 g/mol. The highest BCUT2D eigenvalue weighted by Gasteiger charge is 2.21. The summed E-state index contributed by atoms with van der Waals surface area (Å²) in [6.07, 6.45) is 0. The Kier molecular flexibility index (Phi) is 5.70. The Labute approximate surface area is 137 Å². The van der Waals surface area contributed by atoms with E-state index in [-0.39, 0.29) is 5.54 Å². The van der Waals surface area contributed by atoms with E-state index in [9.17, 15) is 0 Å². The topological polar surface area (TPSA) is 40.0 Å². The van der Waals surface area contributed by atoms with Crippen molar-refractivity contribution in [3.05, 3.63) is 29.3 Å². The molecule has 0 atom stereocenters. The van der Waals surface area contributed by atoms with Gasteiger partial charge in [0.05, 0.1) is 5.54 Å². The molecule has 0 amide bonds. The molecule has 0 saturated heterocycles. The fraction of sp³-hybridized carbons (Fsp3) is 0.533. The van der Waals surface area contributed by atoms with E-state index in [1.807, 2.05) is 70.8 Å². The standard InChI is InChI=1S/C15H23ClN4S/c1-14(2,3)18-19-15(4,5)17-13(21)20(6)12-9-7-11(16)8-10-12/h7-10H,1-6H3,(H,17,21). The van der Waals surface area contributed by atoms with Crippen molar-refractivity contribution in [2.24, 2.45) is 10.2 Å². The highest BCUT2D eigenvalue weighted by molar-refractivity contribution is 7.80. The predicted molar refractivity (Wildman–Crippen MR) is 94.3 cm³/mol. The third-order valence-electron chi connectivity index (χ3n) is 2.53. The van der Waals surface area contributed by atoms with Crippen LogP contribution in [0.3, 0.4) is 0 Å². The van der Waals surface area contributed by atoms with Crippen molar-refractivity contribution in [1.82, 2.24) is 5.32 Å². The van der Waals surface area contributed by atoms with Crippen molar-refractivity contribution in [1.29, 1.82) is 0 Å². The Hall–Kier alpha value is -1.20. The van der Waals surface area contributed by atoms with Gasteiger partial charge in [-0.05, 0) is 71.1 Å². The van der Waals surface area contributed by atoms with Gasteiger partial charge in [0.1, 0.15) is 5.66 Å². The van der Waals surface area contributed by atoms with Crippen LogP contribution in [-0.4, -0.2) is 23.4 Å². The number of hydrogen-bond acceptors (Lipinski definition) is 3. The van der Waals surface area contributed by atoms with E-state index < -0.39 is 5.66 Å². The van der Waals surface area contributed by atoms with Gasteiger partial charge in [-0.25, -0.2) is 0 Å². The van der Waals surface area contributed by atoms with Gasteiger partial charge in [-0.2, -0.15) is 10.2 Å². The molecule has 0 radical (unpaired) electrons. The van der Waals surface area contributed by atoms with Gasteiger partial charge in [-0.15, -0.1) is 0 Å². The van der Waals surface area contributed by atoms with Crippen LogP contribution in [0.4, 0.5) is 5.69 Å². The van der Waals surface area contributed by atoms with E-state index in [1.165, 1.54) is 0 Å². The highest BCUT2D eigenvalue weighted by atomic mass is 35.5. The van der Waals surface area contributed by atoms with Crippen LogP contribution in [0.5, 0.6) is 0 Å². The molecule has 0 aromatic heterocycles. The normalized spacial score (nSPS) is 12.5. The Balaban J connectivity index is 2.75. The fourth-order valence-corrected chi connectivity index (χ4v) is 1.91. The number of nitrogens with one attached hydrogen (secondary N) is 1. The van der Waals surface area contributed by atoms with E-state index >= 15 is 0 Å². The molecule has 0 bridgehead atoms. The Bertz CT molecular complexity index is 517. The molecule has 0 aliphatic carbocycles. The number of thiocarbonyl (C=S) groups is 1. The number of halogens is 1. The molecule has 0 heterocycles. The quantitative estimate of drug-likeness (QED) is 0.650. The Morgan fingerprint density at radius 1 is 1.10 bits per heavy atom. The first kappa shape index (κ1) is 17.9. The maximum absolute atomic E-state index is 5.89. The third-order valence-corrected chi connectivity index (χ3v) is 3.16. The molecule has 21 heavy (non-hydrogen) atoms. The zero-order chi connectivity index (χ0) is 16.3. The molecule has 0 fully saturated rings. The van der Waals surface area contributed by atoms with Gasteiger partial charge in [-0.1, -0.05) is 11.6 Å². The van der Waals surface area contributed by atoms with Crippen molar-refractivity contribution in [3.8, 4) is 0 Å². The Morgan fingerprint density at radius 3 is 2.10 bits per heavy atom. The van der Waals surface area contributed by atoms with Crippen LogP contribution >= 0.6 is 23.8 Å². The number of anilines is 1. The summed E-state index contributed by atoms with van der Waals surface area (Å²) in [4.78, 5) is 1.88. The van der Waals surface area contributed by atoms with Crippen molar-refractivity contribution >= 4 is 34.6 Å². The first-order valence-electron chi connectivity index (χ1n) is 6.76. The van der Waals surface area contributed by atoms with Gasteiger partial charge in [-0.3, -0.25) is 0 Å². The summed E-state index contributed by atoms with van der Waals surface area (Å²) in [6, 6.07) is 7.50. The van der Waals surface area contributed by atoms with Crippen LogP contribution in [0, 0.1) is 0 Å². The lowest BCUT2D eigenvalue weighted by atomic mass is 10.1. The van der Waals surface area contributed by atoms with Crippen LogP contribution in [0.2, 0.25) is 5.02 Å². The number of azo groups is 1. The molecule has 0 unspecified atom stereocenters. The SMILES string of the molecule is CN(C(=S)NC(C)(C)N=NC(C)(C)C)c1ccc(Cl)cc1. The molecule has 4 nitrogen and oxygen atoms in total. The van der Waals surface area contributed by atoms with Crippen LogP contribution in [0.1, 0.15) is 34.6 Å². The van der Waals surface area contributed by atoms with Crippen molar-refractivity contribution < 1.29 is 0 Å². The van der Waals surface area contributed by atoms with Crippen LogP contribution in [0.25, 0.3) is 0 Å². The summed E-state index contributed by atoms with van der Waals surface area (Å²) in [5, 5.41) is 13.1. The lowest BCUT2D eigenvalue weighted by Gasteiger charge is -2.28. The zero-order valence-electron chi connectivity index (χ0n) is 13.4. The second-order valence-electron chi connectivity index (χ2n) is 6.40. The fourth-order valence-electron chi connectivity index (χ4n) is 1.43. The second kappa shape index (κ2) is 6.71. The molecule has 116 valence electrons. The van der Waals surface area contributed by atoms with Gasteiger partial charge in [0, 0.05) is 17.8 Å². The zero-order valence-corrected chi connectivity index (χ0v) is 15.0. The highest BCUT2D eigenvalue weighted by Crippen LogP contribution is 2.18. The van der Waals surface area contributed by atoms with E-state index in [4.69, 9.17) is 23.8 Å². The molecular weight excluding hydrogens is 304 g/mol. The van der Waals surface area contributed by atoms with Crippen LogP contribution in [0.15, 0.2) is 34.5 Å². The van der Waals surface area contributed by atoms with Gasteiger partial charge in [0.25, 0.3) is 0 Å². The minimum atomic E-state index is -0.564. The molecule has 0 spiro atoms. The van der Waals surface area contributed by atoms with Crippen LogP contribution in [-0.2, 0) is 0 Å². The summed E-state index contributed by atoms with van der Waals surface area (Å²) in [5.74, 6) is 0. The second-order valence-corrected chi connectivity index (χ2v) is 7.22. The minimum absolute atomic E-state index is 0.206. The number of rotatable bonds is 3. The van der Waals surface area contributed by atoms with Gasteiger partial charge in [0.15, 0.2) is 5.11 Å². The smallest absolute Gasteiger partial charge is 0.175 e. The van der Waals surface area contributed by atoms with E-state index in [1.54, 1.807) is 0 Å². The van der Waals surface area contributed by atoms with Crippen LogP contribution < -0.4 is 10.2 Å². The first-order chi connectivity index (χ1) is 9.50. The van der Waals surface area contributed by atoms with Gasteiger partial charge in [0.2, 0.25) is 0 Å². The van der Waals surface area contributed by atoms with Gasteiger partial charge < -0.3 is 10.2 Å². The Morgan fingerprint density at radius 2 is 1.62 bits per heavy atom. The first-order valence-corrected chi connectivity index (χ1v) is 7.54. The molecule has 1 rings (SSSR count). The molecule has 6 heteroatoms. The maximum atomic E-state index is 5.89. The largest absolute Gasteiger partial charge is 0.337 e. The monoisotopic (exact) mass is 326 g/mol. The predicted octanol–water partition coefficient (Wildman–Crippen LogP) is 4.64. The molecule has 1 N–H and O–H groups in total. The number of nitrogens with zero attached hydrogens (tertiary/aromatic N) is 3. The number of hydrogen-bond donors (Lipinski definition) is 1. The maximum Gasteiger partial charge on any atom is 0.175 e. The summed E-state index contributed by atoms with van der Waals surface area (Å²) >= 11 is 11.3. The third kappa shape index (κ3) is 6.40.